The van der Waals surface area contributed by atoms with E-state index < -0.39 is 35.4 Å². The van der Waals surface area contributed by atoms with Crippen LogP contribution in [0, 0.1) is 0 Å². The van der Waals surface area contributed by atoms with Gasteiger partial charge in [0.05, 0.1) is 30.8 Å². The van der Waals surface area contributed by atoms with E-state index in [-0.39, 0.29) is 37.2 Å². The Morgan fingerprint density at radius 1 is 0.816 bits per heavy atom. The van der Waals surface area contributed by atoms with Gasteiger partial charge in [-0.05, 0) is 78.6 Å². The molecule has 0 aromatic heterocycles. The number of halogens is 6. The highest BCUT2D eigenvalue weighted by Crippen LogP contribution is 2.41. The lowest BCUT2D eigenvalue weighted by atomic mass is 9.98. The fourth-order valence-corrected chi connectivity index (χ4v) is 4.54. The number of ether oxygens (including phenoxy) is 2. The van der Waals surface area contributed by atoms with Crippen molar-refractivity contribution in [3.05, 3.63) is 81.9 Å². The molecule has 204 valence electrons. The molecule has 0 atom stereocenters. The number of rotatable bonds is 5. The number of carbonyl (C=O) groups excluding carboxylic acids is 2. The standard InChI is InChI=1S/2C14H13F3O2/c2*1-2-19-13(18)8-9-6-7-11-10(9)4-3-5-12(11)14(15,16)17/h3-5,8H,2,6-7H2,1H3;3-6H,2,7-8H2,1H3. The lowest BCUT2D eigenvalue weighted by Gasteiger charge is -2.13. The molecule has 0 amide bonds. The SMILES string of the molecule is CCOC(=O)C=C1CCc2c1cccc2C(F)(F)F.CCOC(=O)CC1=CCc2c1cccc2C(F)(F)F. The summed E-state index contributed by atoms with van der Waals surface area (Å²) in [6.07, 6.45) is -4.81. The normalized spacial score (nSPS) is 15.3. The monoisotopic (exact) mass is 540 g/mol. The minimum Gasteiger partial charge on any atom is -0.466 e. The highest BCUT2D eigenvalue weighted by atomic mass is 19.4. The molecule has 0 aliphatic heterocycles. The second-order valence-corrected chi connectivity index (χ2v) is 8.50. The average Bonchev–Trinajstić information content (AvgIpc) is 3.42. The highest BCUT2D eigenvalue weighted by Gasteiger charge is 2.36. The van der Waals surface area contributed by atoms with Gasteiger partial charge in [0.1, 0.15) is 0 Å². The summed E-state index contributed by atoms with van der Waals surface area (Å²) in [6, 6.07) is 8.11. The van der Waals surface area contributed by atoms with E-state index in [1.165, 1.54) is 18.2 Å². The van der Waals surface area contributed by atoms with Crippen molar-refractivity contribution in [2.45, 2.75) is 51.9 Å². The Balaban J connectivity index is 0.000000211. The van der Waals surface area contributed by atoms with E-state index in [4.69, 9.17) is 9.47 Å². The van der Waals surface area contributed by atoms with E-state index in [0.717, 1.165) is 12.1 Å². The summed E-state index contributed by atoms with van der Waals surface area (Å²) >= 11 is 0. The van der Waals surface area contributed by atoms with Crippen LogP contribution >= 0.6 is 0 Å². The Hall–Kier alpha value is -3.56. The van der Waals surface area contributed by atoms with Gasteiger partial charge < -0.3 is 9.47 Å². The molecule has 0 heterocycles. The first-order valence-electron chi connectivity index (χ1n) is 12.0. The first kappa shape index (κ1) is 29.0. The molecule has 2 aliphatic carbocycles. The van der Waals surface area contributed by atoms with Crippen LogP contribution < -0.4 is 0 Å². The van der Waals surface area contributed by atoms with Gasteiger partial charge in [0.15, 0.2) is 0 Å². The minimum absolute atomic E-state index is 0.0160. The van der Waals surface area contributed by atoms with Crippen LogP contribution in [0.3, 0.4) is 0 Å². The minimum atomic E-state index is -4.36. The van der Waals surface area contributed by atoms with E-state index in [9.17, 15) is 35.9 Å². The van der Waals surface area contributed by atoms with Crippen LogP contribution in [0.4, 0.5) is 26.3 Å². The van der Waals surface area contributed by atoms with Gasteiger partial charge in [0, 0.05) is 6.08 Å². The summed E-state index contributed by atoms with van der Waals surface area (Å²) in [7, 11) is 0. The molecular formula is C28H26F6O4. The Morgan fingerprint density at radius 3 is 1.97 bits per heavy atom. The lowest BCUT2D eigenvalue weighted by Crippen LogP contribution is -2.09. The maximum Gasteiger partial charge on any atom is 0.416 e. The molecule has 2 aromatic rings. The van der Waals surface area contributed by atoms with Crippen LogP contribution in [0.5, 0.6) is 0 Å². The van der Waals surface area contributed by atoms with Crippen molar-refractivity contribution in [2.75, 3.05) is 13.2 Å². The molecule has 0 fully saturated rings. The van der Waals surface area contributed by atoms with Crippen molar-refractivity contribution in [2.24, 2.45) is 0 Å². The molecule has 0 bridgehead atoms. The highest BCUT2D eigenvalue weighted by molar-refractivity contribution is 5.93. The summed E-state index contributed by atoms with van der Waals surface area (Å²) in [4.78, 5) is 22.8. The van der Waals surface area contributed by atoms with Gasteiger partial charge in [0.2, 0.25) is 0 Å². The molecule has 0 saturated heterocycles. The third-order valence-corrected chi connectivity index (χ3v) is 6.07. The fraction of sp³-hybridized carbons (Fsp3) is 0.357. The Labute approximate surface area is 215 Å². The van der Waals surface area contributed by atoms with E-state index in [0.29, 0.717) is 35.1 Å². The van der Waals surface area contributed by atoms with Crippen molar-refractivity contribution >= 4 is 23.1 Å². The molecule has 0 saturated carbocycles. The molecule has 4 rings (SSSR count). The quantitative estimate of drug-likeness (QED) is 0.229. The van der Waals surface area contributed by atoms with Crippen LogP contribution in [0.15, 0.2) is 48.6 Å². The van der Waals surface area contributed by atoms with Gasteiger partial charge in [-0.3, -0.25) is 4.79 Å². The maximum absolute atomic E-state index is 12.8. The number of benzene rings is 2. The number of allylic oxidation sites excluding steroid dienone is 2. The molecule has 0 radical (unpaired) electrons. The molecule has 0 spiro atoms. The smallest absolute Gasteiger partial charge is 0.416 e. The Morgan fingerprint density at radius 2 is 1.39 bits per heavy atom. The van der Waals surface area contributed by atoms with Gasteiger partial charge >= 0.3 is 24.3 Å². The van der Waals surface area contributed by atoms with Crippen molar-refractivity contribution in [1.29, 1.82) is 0 Å². The van der Waals surface area contributed by atoms with E-state index >= 15 is 0 Å². The zero-order valence-electron chi connectivity index (χ0n) is 20.8. The number of alkyl halides is 6. The van der Waals surface area contributed by atoms with E-state index in [1.807, 2.05) is 0 Å². The van der Waals surface area contributed by atoms with Gasteiger partial charge in [-0.15, -0.1) is 0 Å². The van der Waals surface area contributed by atoms with Gasteiger partial charge in [-0.2, -0.15) is 26.3 Å². The van der Waals surface area contributed by atoms with Crippen LogP contribution in [0.2, 0.25) is 0 Å². The van der Waals surface area contributed by atoms with E-state index in [1.54, 1.807) is 32.1 Å². The second kappa shape index (κ2) is 11.9. The summed E-state index contributed by atoms with van der Waals surface area (Å²) < 4.78 is 86.6. The van der Waals surface area contributed by atoms with Crippen LogP contribution in [0.25, 0.3) is 11.1 Å². The fourth-order valence-electron chi connectivity index (χ4n) is 4.54. The first-order chi connectivity index (χ1) is 17.9. The van der Waals surface area contributed by atoms with Crippen LogP contribution in [-0.4, -0.2) is 25.2 Å². The second-order valence-electron chi connectivity index (χ2n) is 8.50. The number of hydrogen-bond donors (Lipinski definition) is 0. The zero-order valence-corrected chi connectivity index (χ0v) is 20.8. The third-order valence-electron chi connectivity index (χ3n) is 6.07. The Bertz CT molecular complexity index is 1250. The summed E-state index contributed by atoms with van der Waals surface area (Å²) in [6.45, 7) is 3.89. The molecular weight excluding hydrogens is 514 g/mol. The first-order valence-corrected chi connectivity index (χ1v) is 12.0. The zero-order chi connectivity index (χ0) is 28.1. The number of carbonyl (C=O) groups is 2. The largest absolute Gasteiger partial charge is 0.466 e. The van der Waals surface area contributed by atoms with Gasteiger partial charge in [-0.1, -0.05) is 30.3 Å². The van der Waals surface area contributed by atoms with E-state index in [2.05, 4.69) is 0 Å². The number of esters is 2. The molecule has 0 N–H and O–H groups in total. The van der Waals surface area contributed by atoms with Crippen molar-refractivity contribution < 1.29 is 45.4 Å². The van der Waals surface area contributed by atoms with Crippen LogP contribution in [0.1, 0.15) is 60.1 Å². The van der Waals surface area contributed by atoms with Crippen LogP contribution in [-0.2, 0) is 44.3 Å². The van der Waals surface area contributed by atoms with Gasteiger partial charge in [-0.25, -0.2) is 4.79 Å². The molecule has 0 unspecified atom stereocenters. The third kappa shape index (κ3) is 6.85. The molecule has 2 aliphatic rings. The van der Waals surface area contributed by atoms with Gasteiger partial charge in [0.25, 0.3) is 0 Å². The molecule has 10 heteroatoms. The Kier molecular flexibility index (Phi) is 9.06. The molecule has 2 aromatic carbocycles. The number of hydrogen-bond acceptors (Lipinski definition) is 4. The molecule has 4 nitrogen and oxygen atoms in total. The summed E-state index contributed by atoms with van der Waals surface area (Å²) in [5, 5.41) is 0. The maximum atomic E-state index is 12.8. The number of fused-ring (bicyclic) bond motifs is 2. The van der Waals surface area contributed by atoms with Crippen molar-refractivity contribution in [3.8, 4) is 0 Å². The lowest BCUT2D eigenvalue weighted by molar-refractivity contribution is -0.142. The predicted molar refractivity (Wildman–Crippen MR) is 129 cm³/mol. The predicted octanol–water partition coefficient (Wildman–Crippen LogP) is 7.20. The summed E-state index contributed by atoms with van der Waals surface area (Å²) in [5.74, 6) is -0.929. The average molecular weight is 541 g/mol. The topological polar surface area (TPSA) is 52.6 Å². The molecule has 38 heavy (non-hydrogen) atoms. The van der Waals surface area contributed by atoms with Crippen molar-refractivity contribution in [1.82, 2.24) is 0 Å². The summed E-state index contributed by atoms with van der Waals surface area (Å²) in [5.41, 5.74) is 1.50. The van der Waals surface area contributed by atoms with Crippen molar-refractivity contribution in [3.63, 3.8) is 0 Å².